The average molecular weight is 628 g/mol. The first-order valence-corrected chi connectivity index (χ1v) is 14.1. The predicted octanol–water partition coefficient (Wildman–Crippen LogP) is 4.38. The molecule has 0 spiro atoms. The van der Waals surface area contributed by atoms with Crippen LogP contribution in [0.4, 0.5) is 24.8 Å². The number of H-pyrrole nitrogens is 1. The standard InChI is InChI=1S/C30H31F3N6O3.CH2O2/c1-18-25(27(40)42-4)26(24-11-10-20(16-34)14-21(24)12-13-39(2,3)17-19-8-9-19)38-28(35-36-29(38)41)37(18)23-7-5-6-22(15-23)30(31,32)33;2-1-3/h5-7,10-11,14-15,19,26H,8-9,12-13,17H2,1-4H3;1H,(H,2,3)/p+1/t26-;/m1./s1. The molecule has 2 heterocycles. The second kappa shape index (κ2) is 13.0. The minimum Gasteiger partial charge on any atom is -0.483 e. The summed E-state index contributed by atoms with van der Waals surface area (Å²) < 4.78 is 48.0. The number of aromatic amines is 1. The number of carbonyl (C=O) groups excluding carboxylic acids is 1. The van der Waals surface area contributed by atoms with Crippen molar-refractivity contribution in [3.63, 3.8) is 0 Å². The number of allylic oxidation sites excluding steroid dienone is 1. The van der Waals surface area contributed by atoms with Crippen LogP contribution in [0.25, 0.3) is 0 Å². The fourth-order valence-corrected chi connectivity index (χ4v) is 5.75. The molecule has 0 saturated heterocycles. The van der Waals surface area contributed by atoms with E-state index in [1.165, 1.54) is 41.6 Å². The summed E-state index contributed by atoms with van der Waals surface area (Å²) in [5.74, 6) is -0.0170. The lowest BCUT2D eigenvalue weighted by Gasteiger charge is -2.36. The lowest BCUT2D eigenvalue weighted by atomic mass is 9.89. The number of anilines is 2. The molecular formula is C31H34F3N6O5+. The van der Waals surface area contributed by atoms with Gasteiger partial charge in [0.15, 0.2) is 0 Å². The molecule has 3 aromatic rings. The quantitative estimate of drug-likeness (QED) is 0.213. The Bertz CT molecular complexity index is 1720. The molecule has 45 heavy (non-hydrogen) atoms. The van der Waals surface area contributed by atoms with Gasteiger partial charge in [0.2, 0.25) is 5.95 Å². The number of likely N-dealkylation sites (N-methyl/N-ethyl adjacent to an activating group) is 1. The second-order valence-corrected chi connectivity index (χ2v) is 11.6. The van der Waals surface area contributed by atoms with Gasteiger partial charge in [-0.1, -0.05) is 12.1 Å². The van der Waals surface area contributed by atoms with E-state index in [2.05, 4.69) is 30.4 Å². The number of carbonyl (C=O) groups is 2. The van der Waals surface area contributed by atoms with Gasteiger partial charge in [-0.05, 0) is 61.2 Å². The van der Waals surface area contributed by atoms with Crippen LogP contribution >= 0.6 is 0 Å². The Labute approximate surface area is 257 Å². The number of nitrogens with zero attached hydrogens (tertiary/aromatic N) is 5. The average Bonchev–Trinajstić information content (AvgIpc) is 3.73. The van der Waals surface area contributed by atoms with E-state index in [-0.39, 0.29) is 29.4 Å². The number of halogens is 3. The third-order valence-corrected chi connectivity index (χ3v) is 7.98. The zero-order chi connectivity index (χ0) is 33.1. The van der Waals surface area contributed by atoms with Gasteiger partial charge in [-0.25, -0.2) is 19.3 Å². The molecule has 238 valence electrons. The first-order valence-electron chi connectivity index (χ1n) is 14.1. The molecule has 1 fully saturated rings. The number of aromatic nitrogens is 3. The Morgan fingerprint density at radius 3 is 2.53 bits per heavy atom. The number of carboxylic acid groups (broad SMARTS) is 1. The second-order valence-electron chi connectivity index (χ2n) is 11.6. The molecule has 0 unspecified atom stereocenters. The number of alkyl halides is 3. The zero-order valence-electron chi connectivity index (χ0n) is 25.3. The number of quaternary nitrogens is 1. The van der Waals surface area contributed by atoms with Crippen molar-refractivity contribution in [3.8, 4) is 6.07 Å². The Morgan fingerprint density at radius 1 is 1.24 bits per heavy atom. The topological polar surface area (TPSA) is 141 Å². The van der Waals surface area contributed by atoms with E-state index in [4.69, 9.17) is 14.6 Å². The van der Waals surface area contributed by atoms with Gasteiger partial charge in [0.05, 0.1) is 57.1 Å². The molecule has 0 radical (unpaired) electrons. The van der Waals surface area contributed by atoms with Crippen molar-refractivity contribution in [2.24, 2.45) is 5.92 Å². The van der Waals surface area contributed by atoms with Gasteiger partial charge >= 0.3 is 17.8 Å². The lowest BCUT2D eigenvalue weighted by Crippen LogP contribution is -2.43. The number of hydrogen-bond acceptors (Lipinski definition) is 7. The van der Waals surface area contributed by atoms with Crippen molar-refractivity contribution >= 4 is 24.1 Å². The molecule has 2 aliphatic rings. The minimum absolute atomic E-state index is 0.0228. The van der Waals surface area contributed by atoms with Gasteiger partial charge in [-0.3, -0.25) is 9.69 Å². The van der Waals surface area contributed by atoms with E-state index in [1.54, 1.807) is 25.1 Å². The first-order chi connectivity index (χ1) is 21.3. The van der Waals surface area contributed by atoms with Crippen molar-refractivity contribution in [2.75, 3.05) is 39.2 Å². The van der Waals surface area contributed by atoms with E-state index in [9.17, 15) is 28.0 Å². The van der Waals surface area contributed by atoms with Crippen LogP contribution in [0.5, 0.6) is 0 Å². The summed E-state index contributed by atoms with van der Waals surface area (Å²) in [6.45, 7) is 3.12. The van der Waals surface area contributed by atoms with Crippen LogP contribution in [0.2, 0.25) is 0 Å². The van der Waals surface area contributed by atoms with E-state index >= 15 is 0 Å². The first kappa shape index (κ1) is 33.0. The van der Waals surface area contributed by atoms with E-state index < -0.39 is 29.4 Å². The van der Waals surface area contributed by atoms with Crippen LogP contribution in [0.3, 0.4) is 0 Å². The lowest BCUT2D eigenvalue weighted by molar-refractivity contribution is -0.891. The van der Waals surface area contributed by atoms with Gasteiger partial charge in [0, 0.05) is 23.7 Å². The summed E-state index contributed by atoms with van der Waals surface area (Å²) in [6.07, 6.45) is -1.60. The fraction of sp³-hybridized carbons (Fsp3) is 0.387. The molecule has 2 N–H and O–H groups in total. The maximum Gasteiger partial charge on any atom is 0.416 e. The molecule has 1 aliphatic carbocycles. The predicted molar refractivity (Wildman–Crippen MR) is 157 cm³/mol. The number of nitrogens with one attached hydrogen (secondary N) is 1. The number of rotatable bonds is 8. The molecule has 1 atom stereocenters. The summed E-state index contributed by atoms with van der Waals surface area (Å²) in [6, 6.07) is 10.9. The Morgan fingerprint density at radius 2 is 1.93 bits per heavy atom. The van der Waals surface area contributed by atoms with Crippen LogP contribution in [-0.2, 0) is 26.9 Å². The Hall–Kier alpha value is -4.90. The number of benzene rings is 2. The highest BCUT2D eigenvalue weighted by atomic mass is 19.4. The van der Waals surface area contributed by atoms with Gasteiger partial charge in [-0.2, -0.15) is 18.4 Å². The van der Waals surface area contributed by atoms with Crippen molar-refractivity contribution < 1.29 is 37.1 Å². The third-order valence-electron chi connectivity index (χ3n) is 7.98. The highest BCUT2D eigenvalue weighted by Gasteiger charge is 2.41. The molecule has 14 heteroatoms. The summed E-state index contributed by atoms with van der Waals surface area (Å²) in [7, 11) is 5.52. The molecule has 0 bridgehead atoms. The summed E-state index contributed by atoms with van der Waals surface area (Å²) in [5, 5.41) is 23.1. The van der Waals surface area contributed by atoms with E-state index in [0.717, 1.165) is 35.3 Å². The molecule has 1 aromatic heterocycles. The fourth-order valence-electron chi connectivity index (χ4n) is 5.75. The Balaban J connectivity index is 0.00000148. The Kier molecular flexibility index (Phi) is 9.53. The number of fused-ring (bicyclic) bond motifs is 1. The smallest absolute Gasteiger partial charge is 0.416 e. The SMILES string of the molecule is COC(=O)C1=C(C)N(c2cccc(C(F)(F)F)c2)c2n[nH]c(=O)n2[C@@H]1c1ccc(C#N)cc1CC[N+](C)(C)CC1CC1.O=CO. The van der Waals surface area contributed by atoms with Crippen molar-refractivity contribution in [3.05, 3.63) is 86.5 Å². The van der Waals surface area contributed by atoms with Crippen molar-refractivity contribution in [1.82, 2.24) is 14.8 Å². The highest BCUT2D eigenvalue weighted by Crippen LogP contribution is 2.43. The van der Waals surface area contributed by atoms with Crippen LogP contribution in [0.1, 0.15) is 48.1 Å². The maximum absolute atomic E-state index is 13.6. The number of ether oxygens (including phenoxy) is 1. The maximum atomic E-state index is 13.6. The van der Waals surface area contributed by atoms with Crippen LogP contribution in [0, 0.1) is 17.2 Å². The van der Waals surface area contributed by atoms with Gasteiger partial charge in [-0.15, -0.1) is 5.10 Å². The van der Waals surface area contributed by atoms with Crippen LogP contribution < -0.4 is 10.6 Å². The minimum atomic E-state index is -4.61. The van der Waals surface area contributed by atoms with Crippen LogP contribution in [0.15, 0.2) is 58.5 Å². The molecule has 5 rings (SSSR count). The summed E-state index contributed by atoms with van der Waals surface area (Å²) >= 11 is 0. The number of hydrogen-bond donors (Lipinski definition) is 2. The van der Waals surface area contributed by atoms with Crippen LogP contribution in [-0.4, -0.2) is 71.1 Å². The zero-order valence-corrected chi connectivity index (χ0v) is 25.3. The van der Waals surface area contributed by atoms with Gasteiger partial charge in [0.25, 0.3) is 6.47 Å². The van der Waals surface area contributed by atoms with Crippen molar-refractivity contribution in [1.29, 1.82) is 5.26 Å². The molecule has 1 saturated carbocycles. The normalized spacial score (nSPS) is 16.3. The van der Waals surface area contributed by atoms with Gasteiger partial charge < -0.3 is 14.3 Å². The van der Waals surface area contributed by atoms with E-state index in [1.807, 2.05) is 0 Å². The van der Waals surface area contributed by atoms with Crippen molar-refractivity contribution in [2.45, 2.75) is 38.4 Å². The summed E-state index contributed by atoms with van der Waals surface area (Å²) in [5.41, 5.74) is 0.683. The number of methoxy groups -OCH3 is 1. The van der Waals surface area contributed by atoms with Gasteiger partial charge in [0.1, 0.15) is 6.04 Å². The molecule has 2 aromatic carbocycles. The number of esters is 1. The monoisotopic (exact) mass is 627 g/mol. The molecule has 11 nitrogen and oxygen atoms in total. The third kappa shape index (κ3) is 7.09. The highest BCUT2D eigenvalue weighted by molar-refractivity contribution is 5.93. The number of nitriles is 1. The molecular weight excluding hydrogens is 593 g/mol. The largest absolute Gasteiger partial charge is 0.483 e. The molecule has 0 amide bonds. The molecule has 1 aliphatic heterocycles. The summed E-state index contributed by atoms with van der Waals surface area (Å²) in [4.78, 5) is 36.4. The van der Waals surface area contributed by atoms with E-state index in [0.29, 0.717) is 23.5 Å².